The molecule has 1 fully saturated rings. The van der Waals surface area contributed by atoms with Gasteiger partial charge in [0.1, 0.15) is 0 Å². The maximum absolute atomic E-state index is 5.78. The highest BCUT2D eigenvalue weighted by molar-refractivity contribution is 4.73. The maximum atomic E-state index is 5.78. The Morgan fingerprint density at radius 1 is 1.25 bits per heavy atom. The lowest BCUT2D eigenvalue weighted by molar-refractivity contribution is 0.331. The maximum Gasteiger partial charge on any atom is 0.00645 e. The Kier molecular flexibility index (Phi) is 1.90. The van der Waals surface area contributed by atoms with Crippen molar-refractivity contribution < 1.29 is 0 Å². The van der Waals surface area contributed by atoms with Gasteiger partial charge in [-0.15, -0.1) is 0 Å². The highest BCUT2D eigenvalue weighted by Gasteiger charge is 2.15. The molecule has 0 spiro atoms. The average molecular weight is 113 g/mol. The van der Waals surface area contributed by atoms with Crippen molar-refractivity contribution in [2.24, 2.45) is 11.7 Å². The second kappa shape index (κ2) is 2.49. The summed E-state index contributed by atoms with van der Waals surface area (Å²) in [5, 5.41) is 0. The van der Waals surface area contributed by atoms with Crippen LogP contribution >= 0.6 is 0 Å². The van der Waals surface area contributed by atoms with Crippen LogP contribution in [0, 0.1) is 5.92 Å². The largest absolute Gasteiger partial charge is 0.327 e. The molecular formula is C7H15N. The molecule has 0 aromatic carbocycles. The molecule has 1 heteroatoms. The van der Waals surface area contributed by atoms with Crippen LogP contribution in [0.4, 0.5) is 0 Å². The second-order valence-corrected chi connectivity index (χ2v) is 2.93. The summed E-state index contributed by atoms with van der Waals surface area (Å²) < 4.78 is 0. The molecule has 1 nitrogen and oxygen atoms in total. The molecule has 2 atom stereocenters. The van der Waals surface area contributed by atoms with Gasteiger partial charge in [0.15, 0.2) is 0 Å². The minimum Gasteiger partial charge on any atom is -0.327 e. The first-order valence-corrected chi connectivity index (χ1v) is 3.56. The first kappa shape index (κ1) is 6.09. The lowest BCUT2D eigenvalue weighted by Crippen LogP contribution is -2.30. The quantitative estimate of drug-likeness (QED) is 0.506. The monoisotopic (exact) mass is 113 g/mol. The molecule has 1 saturated carbocycles. The van der Waals surface area contributed by atoms with Gasteiger partial charge in [0.25, 0.3) is 0 Å². The summed E-state index contributed by atoms with van der Waals surface area (Å²) in [5.74, 6) is 0.781. The van der Waals surface area contributed by atoms with Crippen molar-refractivity contribution in [1.82, 2.24) is 0 Å². The van der Waals surface area contributed by atoms with E-state index in [4.69, 9.17) is 5.73 Å². The number of hydrogen-bond donors (Lipinski definition) is 1. The van der Waals surface area contributed by atoms with Crippen molar-refractivity contribution in [3.05, 3.63) is 0 Å². The summed E-state index contributed by atoms with van der Waals surface area (Å²) in [6, 6.07) is 0.503. The average Bonchev–Trinajstić information content (AvgIpc) is 1.77. The standard InChI is InChI=1S/C7H15N/c1-6-4-2-3-5-7(6)8/h6-7H,2-5,8H2,1H3/t6?,7-/m0/s1. The Bertz CT molecular complexity index is 60.8. The third-order valence-electron chi connectivity index (χ3n) is 2.18. The molecule has 0 aromatic rings. The minimum absolute atomic E-state index is 0.503. The van der Waals surface area contributed by atoms with Crippen molar-refractivity contribution in [3.63, 3.8) is 0 Å². The molecule has 0 heterocycles. The van der Waals surface area contributed by atoms with Gasteiger partial charge in [-0.25, -0.2) is 0 Å². The van der Waals surface area contributed by atoms with E-state index in [0.29, 0.717) is 6.04 Å². The molecule has 0 aliphatic heterocycles. The molecular weight excluding hydrogens is 98.1 g/mol. The summed E-state index contributed by atoms with van der Waals surface area (Å²) in [6.45, 7) is 2.25. The van der Waals surface area contributed by atoms with Gasteiger partial charge >= 0.3 is 0 Å². The second-order valence-electron chi connectivity index (χ2n) is 2.93. The van der Waals surface area contributed by atoms with Crippen molar-refractivity contribution in [2.75, 3.05) is 0 Å². The first-order valence-electron chi connectivity index (χ1n) is 3.56. The zero-order valence-corrected chi connectivity index (χ0v) is 5.56. The van der Waals surface area contributed by atoms with Crippen molar-refractivity contribution in [3.8, 4) is 0 Å². The van der Waals surface area contributed by atoms with Gasteiger partial charge < -0.3 is 5.73 Å². The van der Waals surface area contributed by atoms with Gasteiger partial charge in [-0.2, -0.15) is 0 Å². The Labute approximate surface area is 51.3 Å². The summed E-state index contributed by atoms with van der Waals surface area (Å²) in [7, 11) is 0. The van der Waals surface area contributed by atoms with Crippen LogP contribution in [-0.2, 0) is 0 Å². The molecule has 1 rings (SSSR count). The van der Waals surface area contributed by atoms with E-state index >= 15 is 0 Å². The lowest BCUT2D eigenvalue weighted by atomic mass is 9.87. The summed E-state index contributed by atoms with van der Waals surface area (Å²) in [6.07, 6.45) is 5.35. The van der Waals surface area contributed by atoms with Gasteiger partial charge in [-0.05, 0) is 18.8 Å². The number of rotatable bonds is 0. The van der Waals surface area contributed by atoms with Crippen LogP contribution < -0.4 is 5.73 Å². The smallest absolute Gasteiger partial charge is 0.00645 e. The third kappa shape index (κ3) is 1.22. The van der Waals surface area contributed by atoms with Crippen LogP contribution in [0.15, 0.2) is 0 Å². The zero-order chi connectivity index (χ0) is 5.98. The van der Waals surface area contributed by atoms with Gasteiger partial charge in [0, 0.05) is 6.04 Å². The Balaban J connectivity index is 2.28. The highest BCUT2D eigenvalue weighted by atomic mass is 14.6. The van der Waals surface area contributed by atoms with Crippen LogP contribution in [0.1, 0.15) is 32.6 Å². The fraction of sp³-hybridized carbons (Fsp3) is 1.00. The summed E-state index contributed by atoms with van der Waals surface area (Å²) >= 11 is 0. The lowest BCUT2D eigenvalue weighted by Gasteiger charge is -2.24. The Morgan fingerprint density at radius 3 is 2.25 bits per heavy atom. The fourth-order valence-corrected chi connectivity index (χ4v) is 1.34. The topological polar surface area (TPSA) is 26.0 Å². The van der Waals surface area contributed by atoms with Gasteiger partial charge in [0.2, 0.25) is 0 Å². The molecule has 0 aromatic heterocycles. The Morgan fingerprint density at radius 2 is 1.88 bits per heavy atom. The van der Waals surface area contributed by atoms with Gasteiger partial charge in [0.05, 0.1) is 0 Å². The van der Waals surface area contributed by atoms with E-state index in [9.17, 15) is 0 Å². The summed E-state index contributed by atoms with van der Waals surface area (Å²) in [5.41, 5.74) is 5.78. The third-order valence-corrected chi connectivity index (χ3v) is 2.18. The van der Waals surface area contributed by atoms with Crippen LogP contribution in [0.3, 0.4) is 0 Å². The SMILES string of the molecule is CC1CCCC[C@@H]1N. The van der Waals surface area contributed by atoms with E-state index in [1.807, 2.05) is 0 Å². The summed E-state index contributed by atoms with van der Waals surface area (Å²) in [4.78, 5) is 0. The van der Waals surface area contributed by atoms with E-state index in [1.165, 1.54) is 25.7 Å². The minimum atomic E-state index is 0.503. The number of nitrogens with two attached hydrogens (primary N) is 1. The van der Waals surface area contributed by atoms with Crippen LogP contribution in [-0.4, -0.2) is 6.04 Å². The molecule has 1 aliphatic carbocycles. The zero-order valence-electron chi connectivity index (χ0n) is 5.56. The molecule has 1 unspecified atom stereocenters. The van der Waals surface area contributed by atoms with Crippen molar-refractivity contribution in [1.29, 1.82) is 0 Å². The molecule has 1 aliphatic rings. The van der Waals surface area contributed by atoms with E-state index < -0.39 is 0 Å². The predicted molar refractivity (Wildman–Crippen MR) is 35.6 cm³/mol. The Hall–Kier alpha value is -0.0400. The van der Waals surface area contributed by atoms with Gasteiger partial charge in [-0.1, -0.05) is 19.8 Å². The molecule has 0 saturated heterocycles. The highest BCUT2D eigenvalue weighted by Crippen LogP contribution is 2.21. The van der Waals surface area contributed by atoms with E-state index in [1.54, 1.807) is 0 Å². The van der Waals surface area contributed by atoms with Crippen molar-refractivity contribution in [2.45, 2.75) is 38.6 Å². The van der Waals surface area contributed by atoms with Crippen LogP contribution in [0.25, 0.3) is 0 Å². The molecule has 0 bridgehead atoms. The van der Waals surface area contributed by atoms with Crippen LogP contribution in [0.2, 0.25) is 0 Å². The van der Waals surface area contributed by atoms with Crippen molar-refractivity contribution >= 4 is 0 Å². The van der Waals surface area contributed by atoms with Crippen LogP contribution in [0.5, 0.6) is 0 Å². The molecule has 0 radical (unpaired) electrons. The van der Waals surface area contributed by atoms with E-state index in [0.717, 1.165) is 5.92 Å². The molecule has 8 heavy (non-hydrogen) atoms. The fourth-order valence-electron chi connectivity index (χ4n) is 1.34. The molecule has 48 valence electrons. The normalized spacial score (nSPS) is 39.8. The molecule has 0 amide bonds. The van der Waals surface area contributed by atoms with E-state index in [-0.39, 0.29) is 0 Å². The van der Waals surface area contributed by atoms with Gasteiger partial charge in [-0.3, -0.25) is 0 Å². The first-order chi connectivity index (χ1) is 3.80. The van der Waals surface area contributed by atoms with E-state index in [2.05, 4.69) is 6.92 Å². The number of hydrogen-bond acceptors (Lipinski definition) is 1. The molecule has 2 N–H and O–H groups in total. The predicted octanol–water partition coefficient (Wildman–Crippen LogP) is 1.52.